The molecule has 0 atom stereocenters. The Hall–Kier alpha value is -1.68. The van der Waals surface area contributed by atoms with Gasteiger partial charge in [0.25, 0.3) is 0 Å². The predicted octanol–water partition coefficient (Wildman–Crippen LogP) is 2.77. The number of hydrogen-bond acceptors (Lipinski definition) is 3. The molecule has 0 fully saturated rings. The third-order valence-corrected chi connectivity index (χ3v) is 2.45. The maximum absolute atomic E-state index is 12.7. The number of carbonyl (C=O) groups is 1. The van der Waals surface area contributed by atoms with Crippen LogP contribution in [0.1, 0.15) is 25.3 Å². The van der Waals surface area contributed by atoms with Crippen molar-refractivity contribution >= 4 is 12.0 Å². The first-order chi connectivity index (χ1) is 9.22. The lowest BCUT2D eigenvalue weighted by atomic mass is 10.2. The average molecular weight is 265 g/mol. The number of rotatable bonds is 8. The number of benzene rings is 1. The van der Waals surface area contributed by atoms with E-state index in [4.69, 9.17) is 4.74 Å². The Morgan fingerprint density at radius 3 is 2.74 bits per heavy atom. The average Bonchev–Trinajstić information content (AvgIpc) is 2.42. The molecule has 19 heavy (non-hydrogen) atoms. The van der Waals surface area contributed by atoms with Crippen molar-refractivity contribution in [3.8, 4) is 0 Å². The molecular weight excluding hydrogens is 245 g/mol. The van der Waals surface area contributed by atoms with Crippen LogP contribution < -0.4 is 5.32 Å². The van der Waals surface area contributed by atoms with Gasteiger partial charge in [0.1, 0.15) is 5.82 Å². The third-order valence-electron chi connectivity index (χ3n) is 2.45. The van der Waals surface area contributed by atoms with Crippen molar-refractivity contribution in [1.82, 2.24) is 5.32 Å². The summed E-state index contributed by atoms with van der Waals surface area (Å²) in [5.41, 5.74) is 0.767. The molecule has 1 aromatic rings. The Morgan fingerprint density at radius 1 is 1.32 bits per heavy atom. The van der Waals surface area contributed by atoms with Crippen LogP contribution in [0.4, 0.5) is 4.39 Å². The van der Waals surface area contributed by atoms with E-state index < -0.39 is 0 Å². The van der Waals surface area contributed by atoms with Gasteiger partial charge in [-0.2, -0.15) is 0 Å². The molecule has 3 nitrogen and oxygen atoms in total. The molecule has 0 spiro atoms. The molecule has 4 heteroatoms. The normalized spacial score (nSPS) is 10.8. The topological polar surface area (TPSA) is 38.3 Å². The number of ether oxygens (including phenoxy) is 1. The van der Waals surface area contributed by atoms with Gasteiger partial charge in [-0.05, 0) is 49.7 Å². The van der Waals surface area contributed by atoms with Crippen molar-refractivity contribution in [2.45, 2.75) is 19.8 Å². The van der Waals surface area contributed by atoms with Crippen LogP contribution in [-0.2, 0) is 9.53 Å². The molecule has 0 radical (unpaired) electrons. The summed E-state index contributed by atoms with van der Waals surface area (Å²) in [7, 11) is 0. The van der Waals surface area contributed by atoms with Gasteiger partial charge in [0.15, 0.2) is 0 Å². The predicted molar refractivity (Wildman–Crippen MR) is 74.2 cm³/mol. The number of esters is 1. The van der Waals surface area contributed by atoms with Crippen molar-refractivity contribution in [3.05, 3.63) is 41.7 Å². The highest BCUT2D eigenvalue weighted by Gasteiger charge is 1.97. The zero-order chi connectivity index (χ0) is 13.9. The first kappa shape index (κ1) is 15.4. The Bertz CT molecular complexity index is 401. The standard InChI is InChI=1S/C15H20FNO2/c1-2-10-17-11-3-12-19-15(18)9-6-13-4-7-14(16)8-5-13/h4-9,17H,2-3,10-12H2,1H3/b9-6+. The number of nitrogens with one attached hydrogen (secondary N) is 1. The molecule has 1 rings (SSSR count). The smallest absolute Gasteiger partial charge is 0.330 e. The van der Waals surface area contributed by atoms with E-state index >= 15 is 0 Å². The van der Waals surface area contributed by atoms with E-state index in [2.05, 4.69) is 12.2 Å². The number of hydrogen-bond donors (Lipinski definition) is 1. The summed E-state index contributed by atoms with van der Waals surface area (Å²) < 4.78 is 17.7. The Kier molecular flexibility index (Phi) is 7.51. The fraction of sp³-hybridized carbons (Fsp3) is 0.400. The van der Waals surface area contributed by atoms with Crippen molar-refractivity contribution in [2.24, 2.45) is 0 Å². The minimum atomic E-state index is -0.375. The van der Waals surface area contributed by atoms with Crippen molar-refractivity contribution in [3.63, 3.8) is 0 Å². The fourth-order valence-corrected chi connectivity index (χ4v) is 1.46. The highest BCUT2D eigenvalue weighted by molar-refractivity contribution is 5.86. The van der Waals surface area contributed by atoms with Gasteiger partial charge in [-0.25, -0.2) is 9.18 Å². The second-order valence-corrected chi connectivity index (χ2v) is 4.16. The molecule has 0 aromatic heterocycles. The largest absolute Gasteiger partial charge is 0.462 e. The first-order valence-corrected chi connectivity index (χ1v) is 6.53. The van der Waals surface area contributed by atoms with Gasteiger partial charge >= 0.3 is 5.97 Å². The van der Waals surface area contributed by atoms with E-state index in [9.17, 15) is 9.18 Å². The van der Waals surface area contributed by atoms with Gasteiger partial charge in [0.2, 0.25) is 0 Å². The second kappa shape index (κ2) is 9.28. The second-order valence-electron chi connectivity index (χ2n) is 4.16. The first-order valence-electron chi connectivity index (χ1n) is 6.53. The van der Waals surface area contributed by atoms with Gasteiger partial charge < -0.3 is 10.1 Å². The summed E-state index contributed by atoms with van der Waals surface area (Å²) in [6.45, 7) is 4.35. The Balaban J connectivity index is 2.18. The molecule has 0 aliphatic rings. The van der Waals surface area contributed by atoms with Gasteiger partial charge in [-0.15, -0.1) is 0 Å². The summed E-state index contributed by atoms with van der Waals surface area (Å²) in [4.78, 5) is 11.4. The molecule has 0 unspecified atom stereocenters. The lowest BCUT2D eigenvalue weighted by molar-refractivity contribution is -0.137. The van der Waals surface area contributed by atoms with Crippen molar-refractivity contribution in [2.75, 3.05) is 19.7 Å². The molecule has 0 bridgehead atoms. The van der Waals surface area contributed by atoms with E-state index in [1.165, 1.54) is 18.2 Å². The van der Waals surface area contributed by atoms with Crippen molar-refractivity contribution in [1.29, 1.82) is 0 Å². The van der Waals surface area contributed by atoms with E-state index in [-0.39, 0.29) is 11.8 Å². The monoisotopic (exact) mass is 265 g/mol. The van der Waals surface area contributed by atoms with Crippen LogP contribution in [0, 0.1) is 5.82 Å². The van der Waals surface area contributed by atoms with E-state index in [0.717, 1.165) is 31.5 Å². The molecule has 0 saturated carbocycles. The van der Waals surface area contributed by atoms with Crippen LogP contribution in [0.15, 0.2) is 30.3 Å². The van der Waals surface area contributed by atoms with Gasteiger partial charge in [-0.1, -0.05) is 19.1 Å². The molecule has 104 valence electrons. The Labute approximate surface area is 113 Å². The lowest BCUT2D eigenvalue weighted by Crippen LogP contribution is -2.18. The van der Waals surface area contributed by atoms with Crippen LogP contribution in [-0.4, -0.2) is 25.7 Å². The molecule has 0 heterocycles. The van der Waals surface area contributed by atoms with Crippen LogP contribution in [0.25, 0.3) is 6.08 Å². The Morgan fingerprint density at radius 2 is 2.05 bits per heavy atom. The highest BCUT2D eigenvalue weighted by atomic mass is 19.1. The highest BCUT2D eigenvalue weighted by Crippen LogP contribution is 2.04. The molecule has 1 aromatic carbocycles. The van der Waals surface area contributed by atoms with E-state index in [1.54, 1.807) is 18.2 Å². The molecule has 1 N–H and O–H groups in total. The number of halogens is 1. The summed E-state index contributed by atoms with van der Waals surface area (Å²) in [5, 5.41) is 3.23. The summed E-state index contributed by atoms with van der Waals surface area (Å²) in [6.07, 6.45) is 4.86. The van der Waals surface area contributed by atoms with Crippen molar-refractivity contribution < 1.29 is 13.9 Å². The van der Waals surface area contributed by atoms with Gasteiger partial charge in [0, 0.05) is 6.08 Å². The van der Waals surface area contributed by atoms with Gasteiger partial charge in [-0.3, -0.25) is 0 Å². The zero-order valence-corrected chi connectivity index (χ0v) is 11.2. The minimum Gasteiger partial charge on any atom is -0.462 e. The van der Waals surface area contributed by atoms with Crippen LogP contribution in [0.5, 0.6) is 0 Å². The van der Waals surface area contributed by atoms with Gasteiger partial charge in [0.05, 0.1) is 6.61 Å². The van der Waals surface area contributed by atoms with Crippen LogP contribution in [0.3, 0.4) is 0 Å². The molecule has 0 amide bonds. The molecule has 0 aliphatic carbocycles. The number of carbonyl (C=O) groups excluding carboxylic acids is 1. The van der Waals surface area contributed by atoms with E-state index in [1.807, 2.05) is 0 Å². The quantitative estimate of drug-likeness (QED) is 0.446. The third kappa shape index (κ3) is 7.36. The molecular formula is C15H20FNO2. The van der Waals surface area contributed by atoms with Crippen LogP contribution >= 0.6 is 0 Å². The summed E-state index contributed by atoms with van der Waals surface area (Å²) in [5.74, 6) is -0.667. The molecule has 0 aliphatic heterocycles. The fourth-order valence-electron chi connectivity index (χ4n) is 1.46. The van der Waals surface area contributed by atoms with Crippen LogP contribution in [0.2, 0.25) is 0 Å². The summed E-state index contributed by atoms with van der Waals surface area (Å²) in [6, 6.07) is 5.91. The minimum absolute atomic E-state index is 0.292. The maximum atomic E-state index is 12.7. The zero-order valence-electron chi connectivity index (χ0n) is 11.2. The molecule has 0 saturated heterocycles. The summed E-state index contributed by atoms with van der Waals surface area (Å²) >= 11 is 0. The van der Waals surface area contributed by atoms with E-state index in [0.29, 0.717) is 6.61 Å². The maximum Gasteiger partial charge on any atom is 0.330 e. The SMILES string of the molecule is CCCNCCCOC(=O)/C=C/c1ccc(F)cc1. The lowest BCUT2D eigenvalue weighted by Gasteiger charge is -2.03.